The van der Waals surface area contributed by atoms with Gasteiger partial charge in [-0.15, -0.1) is 11.3 Å². The molecule has 3 nitrogen and oxygen atoms in total. The lowest BCUT2D eigenvalue weighted by Gasteiger charge is -2.34. The third-order valence-electron chi connectivity index (χ3n) is 5.02. The van der Waals surface area contributed by atoms with Crippen molar-refractivity contribution < 1.29 is 9.69 Å². The fourth-order valence-corrected chi connectivity index (χ4v) is 4.64. The molecule has 0 saturated carbocycles. The van der Waals surface area contributed by atoms with Gasteiger partial charge in [0.15, 0.2) is 0 Å². The van der Waals surface area contributed by atoms with Crippen molar-refractivity contribution in [2.75, 3.05) is 25.0 Å². The van der Waals surface area contributed by atoms with E-state index in [2.05, 4.69) is 37.1 Å². The molecule has 2 aromatic rings. The van der Waals surface area contributed by atoms with Crippen LogP contribution in [0.3, 0.4) is 0 Å². The molecule has 0 aliphatic carbocycles. The predicted molar refractivity (Wildman–Crippen MR) is 90.1 cm³/mol. The number of hydrogen-bond donors (Lipinski definition) is 1. The van der Waals surface area contributed by atoms with Crippen LogP contribution < -0.4 is 9.80 Å². The molecule has 2 aliphatic rings. The van der Waals surface area contributed by atoms with Gasteiger partial charge in [-0.1, -0.05) is 23.8 Å². The second-order valence-corrected chi connectivity index (χ2v) is 7.54. The van der Waals surface area contributed by atoms with Crippen molar-refractivity contribution in [3.05, 3.63) is 51.7 Å². The van der Waals surface area contributed by atoms with Crippen LogP contribution in [0.4, 0.5) is 5.69 Å². The summed E-state index contributed by atoms with van der Waals surface area (Å²) in [5, 5.41) is 1.98. The van der Waals surface area contributed by atoms with Gasteiger partial charge >= 0.3 is 0 Å². The van der Waals surface area contributed by atoms with E-state index in [0.717, 1.165) is 30.1 Å². The maximum Gasteiger partial charge on any atom is 0.268 e. The summed E-state index contributed by atoms with van der Waals surface area (Å²) in [7, 11) is 2.26. The Bertz CT molecular complexity index is 710. The summed E-state index contributed by atoms with van der Waals surface area (Å²) in [4.78, 5) is 17.5. The number of nitrogens with one attached hydrogen (secondary N) is 1. The summed E-state index contributed by atoms with van der Waals surface area (Å²) in [6.45, 7) is 4.40. The number of rotatable bonds is 1. The number of likely N-dealkylation sites (tertiary alicyclic amines) is 1. The molecule has 1 aromatic heterocycles. The number of carbonyl (C=O) groups is 1. The number of benzene rings is 1. The minimum atomic E-state index is 0.173. The molecule has 114 valence electrons. The van der Waals surface area contributed by atoms with Gasteiger partial charge in [0.2, 0.25) is 0 Å². The van der Waals surface area contributed by atoms with Gasteiger partial charge < -0.3 is 9.80 Å². The number of piperidine rings is 1. The first-order valence-electron chi connectivity index (χ1n) is 7.94. The van der Waals surface area contributed by atoms with Crippen molar-refractivity contribution in [1.82, 2.24) is 0 Å². The minimum absolute atomic E-state index is 0.173. The van der Waals surface area contributed by atoms with Gasteiger partial charge in [0.1, 0.15) is 0 Å². The van der Waals surface area contributed by atoms with Crippen LogP contribution in [0.1, 0.15) is 33.1 Å². The summed E-state index contributed by atoms with van der Waals surface area (Å²) in [6.07, 6.45) is 1.08. The Morgan fingerprint density at radius 3 is 3.00 bits per heavy atom. The Kier molecular flexibility index (Phi) is 3.31. The molecule has 0 spiro atoms. The Labute approximate surface area is 135 Å². The van der Waals surface area contributed by atoms with Gasteiger partial charge in [-0.2, -0.15) is 0 Å². The van der Waals surface area contributed by atoms with Crippen molar-refractivity contribution >= 4 is 22.9 Å². The number of likely N-dealkylation sites (N-methyl/N-ethyl adjacent to an activating group) is 1. The fourth-order valence-electron chi connectivity index (χ4n) is 3.98. The predicted octanol–water partition coefficient (Wildman–Crippen LogP) is 2.09. The number of quaternary nitrogens is 1. The number of anilines is 1. The molecule has 3 heterocycles. The average molecular weight is 313 g/mol. The third-order valence-corrected chi connectivity index (χ3v) is 5.88. The third kappa shape index (κ3) is 2.09. The molecule has 1 amide bonds. The number of fused-ring (bicyclic) bond motifs is 3. The first-order valence-corrected chi connectivity index (χ1v) is 8.82. The second-order valence-electron chi connectivity index (χ2n) is 6.59. The molecule has 4 rings (SSSR count). The van der Waals surface area contributed by atoms with Crippen LogP contribution in [0.2, 0.25) is 0 Å². The Hall–Kier alpha value is -1.65. The van der Waals surface area contributed by atoms with Crippen LogP contribution >= 0.6 is 11.3 Å². The zero-order chi connectivity index (χ0) is 15.3. The zero-order valence-corrected chi connectivity index (χ0v) is 13.8. The first-order chi connectivity index (χ1) is 10.6. The molecule has 2 aliphatic heterocycles. The number of aryl methyl sites for hydroxylation is 1. The Morgan fingerprint density at radius 1 is 1.36 bits per heavy atom. The molecule has 4 heteroatoms. The standard InChI is InChI=1S/C18H20N2OS/c1-12-5-6-15-13(10-12)14-11-19(2)8-7-16(14)20(15)18(21)17-4-3-9-22-17/h3-6,9-10,14,16H,7-8,11H2,1-2H3/p+1/t14-,16+/m1/s1. The summed E-state index contributed by atoms with van der Waals surface area (Å²) in [6, 6.07) is 10.8. The Morgan fingerprint density at radius 2 is 2.23 bits per heavy atom. The van der Waals surface area contributed by atoms with E-state index in [0.29, 0.717) is 12.0 Å². The molecule has 1 aromatic carbocycles. The molecule has 1 N–H and O–H groups in total. The highest BCUT2D eigenvalue weighted by Gasteiger charge is 2.45. The van der Waals surface area contributed by atoms with E-state index in [1.807, 2.05) is 17.5 Å². The highest BCUT2D eigenvalue weighted by atomic mass is 32.1. The first kappa shape index (κ1) is 14.0. The SMILES string of the molecule is Cc1ccc2c(c1)[C@H]1C[NH+](C)CC[C@@H]1N2C(=O)c1cccs1. The second kappa shape index (κ2) is 5.21. The lowest BCUT2D eigenvalue weighted by atomic mass is 9.89. The van der Waals surface area contributed by atoms with E-state index in [-0.39, 0.29) is 5.91 Å². The number of amides is 1. The average Bonchev–Trinajstić information content (AvgIpc) is 3.13. The van der Waals surface area contributed by atoms with E-state index in [1.54, 1.807) is 4.90 Å². The number of nitrogens with zero attached hydrogens (tertiary/aromatic N) is 1. The number of hydrogen-bond acceptors (Lipinski definition) is 2. The van der Waals surface area contributed by atoms with Crippen molar-refractivity contribution in [2.24, 2.45) is 0 Å². The molecule has 3 atom stereocenters. The van der Waals surface area contributed by atoms with Crippen molar-refractivity contribution in [3.63, 3.8) is 0 Å². The van der Waals surface area contributed by atoms with E-state index >= 15 is 0 Å². The molecule has 0 radical (unpaired) electrons. The van der Waals surface area contributed by atoms with Gasteiger partial charge in [-0.25, -0.2) is 0 Å². The molecule has 0 bridgehead atoms. The summed E-state index contributed by atoms with van der Waals surface area (Å²) in [5.41, 5.74) is 3.79. The highest BCUT2D eigenvalue weighted by molar-refractivity contribution is 7.12. The van der Waals surface area contributed by atoms with Crippen LogP contribution in [0.5, 0.6) is 0 Å². The van der Waals surface area contributed by atoms with Gasteiger partial charge in [-0.3, -0.25) is 4.79 Å². The van der Waals surface area contributed by atoms with Crippen LogP contribution in [0, 0.1) is 6.92 Å². The van der Waals surface area contributed by atoms with Gasteiger partial charge in [-0.05, 0) is 30.0 Å². The smallest absolute Gasteiger partial charge is 0.268 e. The summed E-state index contributed by atoms with van der Waals surface area (Å²) >= 11 is 1.54. The maximum absolute atomic E-state index is 13.0. The van der Waals surface area contributed by atoms with E-state index in [9.17, 15) is 4.79 Å². The van der Waals surface area contributed by atoms with Crippen LogP contribution in [-0.2, 0) is 0 Å². The minimum Gasteiger partial charge on any atom is -0.337 e. The monoisotopic (exact) mass is 313 g/mol. The number of carbonyl (C=O) groups excluding carboxylic acids is 1. The van der Waals surface area contributed by atoms with Gasteiger partial charge in [0, 0.05) is 12.1 Å². The topological polar surface area (TPSA) is 24.8 Å². The summed E-state index contributed by atoms with van der Waals surface area (Å²) in [5.74, 6) is 0.653. The van der Waals surface area contributed by atoms with Gasteiger partial charge in [0.25, 0.3) is 5.91 Å². The van der Waals surface area contributed by atoms with E-state index < -0.39 is 0 Å². The van der Waals surface area contributed by atoms with Crippen LogP contribution in [0.15, 0.2) is 35.7 Å². The van der Waals surface area contributed by atoms with E-state index in [4.69, 9.17) is 0 Å². The molecule has 1 unspecified atom stereocenters. The number of thiophene rings is 1. The molecule has 22 heavy (non-hydrogen) atoms. The molecule has 1 fully saturated rings. The molecular weight excluding hydrogens is 292 g/mol. The fraction of sp³-hybridized carbons (Fsp3) is 0.389. The lowest BCUT2D eigenvalue weighted by molar-refractivity contribution is -0.886. The Balaban J connectivity index is 1.80. The van der Waals surface area contributed by atoms with Crippen molar-refractivity contribution in [1.29, 1.82) is 0 Å². The maximum atomic E-state index is 13.0. The van der Waals surface area contributed by atoms with Crippen LogP contribution in [0.25, 0.3) is 0 Å². The molecule has 1 saturated heterocycles. The lowest BCUT2D eigenvalue weighted by Crippen LogP contribution is -3.11. The highest BCUT2D eigenvalue weighted by Crippen LogP contribution is 2.43. The quantitative estimate of drug-likeness (QED) is 0.857. The largest absolute Gasteiger partial charge is 0.337 e. The van der Waals surface area contributed by atoms with Gasteiger partial charge in [0.05, 0.1) is 37.0 Å². The van der Waals surface area contributed by atoms with Crippen LogP contribution in [-0.4, -0.2) is 32.1 Å². The zero-order valence-electron chi connectivity index (χ0n) is 13.0. The van der Waals surface area contributed by atoms with Crippen molar-refractivity contribution in [2.45, 2.75) is 25.3 Å². The van der Waals surface area contributed by atoms with E-state index in [1.165, 1.54) is 22.5 Å². The summed E-state index contributed by atoms with van der Waals surface area (Å²) < 4.78 is 0. The molecular formula is C18H21N2OS+. The normalized spacial score (nSPS) is 26.6. The van der Waals surface area contributed by atoms with Crippen molar-refractivity contribution in [3.8, 4) is 0 Å².